The third-order valence-electron chi connectivity index (χ3n) is 3.10. The van der Waals surface area contributed by atoms with E-state index >= 15 is 0 Å². The summed E-state index contributed by atoms with van der Waals surface area (Å²) in [6, 6.07) is 13.0. The van der Waals surface area contributed by atoms with Gasteiger partial charge in [-0.25, -0.2) is 4.79 Å². The van der Waals surface area contributed by atoms with Crippen LogP contribution in [0.5, 0.6) is 0 Å². The van der Waals surface area contributed by atoms with Gasteiger partial charge < -0.3 is 5.11 Å². The standard InChI is InChI=1S/C17H15ClO2/c1-11-3-6-13(7-4-11)9-15(17(19)20)14-8-5-12(2)16(18)10-14/h3-10H,1-2H3,(H,19,20)/b15-9-. The van der Waals surface area contributed by atoms with Crippen molar-refractivity contribution in [3.63, 3.8) is 0 Å². The third kappa shape index (κ3) is 3.28. The molecule has 2 aromatic carbocycles. The Labute approximate surface area is 123 Å². The van der Waals surface area contributed by atoms with Crippen molar-refractivity contribution >= 4 is 29.2 Å². The average molecular weight is 287 g/mol. The van der Waals surface area contributed by atoms with E-state index in [1.807, 2.05) is 44.2 Å². The first kappa shape index (κ1) is 14.4. The number of halogens is 1. The molecule has 0 heterocycles. The van der Waals surface area contributed by atoms with Crippen LogP contribution < -0.4 is 0 Å². The van der Waals surface area contributed by atoms with Crippen molar-refractivity contribution < 1.29 is 9.90 Å². The summed E-state index contributed by atoms with van der Waals surface area (Å²) >= 11 is 6.07. The van der Waals surface area contributed by atoms with E-state index in [0.29, 0.717) is 10.6 Å². The van der Waals surface area contributed by atoms with Crippen LogP contribution in [-0.2, 0) is 4.79 Å². The van der Waals surface area contributed by atoms with Gasteiger partial charge in [0.1, 0.15) is 0 Å². The second-order valence-corrected chi connectivity index (χ2v) is 5.15. The number of aliphatic carboxylic acids is 1. The van der Waals surface area contributed by atoms with E-state index in [4.69, 9.17) is 11.6 Å². The van der Waals surface area contributed by atoms with Gasteiger partial charge in [-0.2, -0.15) is 0 Å². The molecular formula is C17H15ClO2. The molecule has 0 atom stereocenters. The monoisotopic (exact) mass is 286 g/mol. The van der Waals surface area contributed by atoms with Gasteiger partial charge in [-0.15, -0.1) is 0 Å². The molecule has 0 amide bonds. The van der Waals surface area contributed by atoms with Crippen molar-refractivity contribution in [3.05, 3.63) is 69.7 Å². The maximum atomic E-state index is 11.5. The molecule has 0 aliphatic carbocycles. The molecular weight excluding hydrogens is 272 g/mol. The van der Waals surface area contributed by atoms with Gasteiger partial charge in [0.05, 0.1) is 5.57 Å². The molecule has 0 saturated carbocycles. The zero-order chi connectivity index (χ0) is 14.7. The Morgan fingerprint density at radius 1 is 1.10 bits per heavy atom. The van der Waals surface area contributed by atoms with Crippen LogP contribution in [-0.4, -0.2) is 11.1 Å². The van der Waals surface area contributed by atoms with Crippen molar-refractivity contribution in [1.29, 1.82) is 0 Å². The summed E-state index contributed by atoms with van der Waals surface area (Å²) in [5.74, 6) is -0.967. The van der Waals surface area contributed by atoms with Gasteiger partial charge in [0.2, 0.25) is 0 Å². The van der Waals surface area contributed by atoms with Crippen LogP contribution in [0.1, 0.15) is 22.3 Å². The van der Waals surface area contributed by atoms with Crippen molar-refractivity contribution in [2.24, 2.45) is 0 Å². The SMILES string of the molecule is Cc1ccc(/C=C(\C(=O)O)c2ccc(C)c(Cl)c2)cc1. The predicted octanol–water partition coefficient (Wildman–Crippen LogP) is 4.58. The van der Waals surface area contributed by atoms with Gasteiger partial charge in [0.25, 0.3) is 0 Å². The minimum Gasteiger partial charge on any atom is -0.478 e. The van der Waals surface area contributed by atoms with Crippen LogP contribution >= 0.6 is 11.6 Å². The summed E-state index contributed by atoms with van der Waals surface area (Å²) in [7, 11) is 0. The number of hydrogen-bond acceptors (Lipinski definition) is 1. The number of hydrogen-bond donors (Lipinski definition) is 1. The minimum atomic E-state index is -0.967. The van der Waals surface area contributed by atoms with Crippen molar-refractivity contribution in [3.8, 4) is 0 Å². The molecule has 2 aromatic rings. The fraction of sp³-hybridized carbons (Fsp3) is 0.118. The summed E-state index contributed by atoms with van der Waals surface area (Å²) in [5, 5.41) is 9.96. The Morgan fingerprint density at radius 2 is 1.75 bits per heavy atom. The maximum Gasteiger partial charge on any atom is 0.336 e. The van der Waals surface area contributed by atoms with Crippen molar-refractivity contribution in [2.45, 2.75) is 13.8 Å². The lowest BCUT2D eigenvalue weighted by Gasteiger charge is -2.06. The van der Waals surface area contributed by atoms with Crippen LogP contribution in [0.4, 0.5) is 0 Å². The van der Waals surface area contributed by atoms with E-state index < -0.39 is 5.97 Å². The number of carboxylic acid groups (broad SMARTS) is 1. The Hall–Kier alpha value is -2.06. The van der Waals surface area contributed by atoms with Crippen LogP contribution in [0.25, 0.3) is 11.6 Å². The molecule has 0 spiro atoms. The molecule has 0 fully saturated rings. The second-order valence-electron chi connectivity index (χ2n) is 4.74. The molecule has 2 nitrogen and oxygen atoms in total. The van der Waals surface area contributed by atoms with E-state index in [9.17, 15) is 9.90 Å². The second kappa shape index (κ2) is 5.93. The Bertz CT molecular complexity index is 670. The summed E-state index contributed by atoms with van der Waals surface area (Å²) in [5.41, 5.74) is 3.75. The number of benzene rings is 2. The topological polar surface area (TPSA) is 37.3 Å². The quantitative estimate of drug-likeness (QED) is 0.662. The van der Waals surface area contributed by atoms with E-state index in [-0.39, 0.29) is 5.57 Å². The highest BCUT2D eigenvalue weighted by Gasteiger charge is 2.11. The van der Waals surface area contributed by atoms with Crippen LogP contribution in [0, 0.1) is 13.8 Å². The van der Waals surface area contributed by atoms with Crippen molar-refractivity contribution in [1.82, 2.24) is 0 Å². The molecule has 2 rings (SSSR count). The predicted molar refractivity (Wildman–Crippen MR) is 82.9 cm³/mol. The Kier molecular flexibility index (Phi) is 4.26. The fourth-order valence-corrected chi connectivity index (χ4v) is 2.04. The lowest BCUT2D eigenvalue weighted by molar-refractivity contribution is -0.130. The van der Waals surface area contributed by atoms with Gasteiger partial charge in [-0.3, -0.25) is 0 Å². The summed E-state index contributed by atoms with van der Waals surface area (Å²) < 4.78 is 0. The normalized spacial score (nSPS) is 11.4. The average Bonchev–Trinajstić information content (AvgIpc) is 2.41. The molecule has 0 saturated heterocycles. The van der Waals surface area contributed by atoms with E-state index in [1.165, 1.54) is 0 Å². The van der Waals surface area contributed by atoms with Crippen LogP contribution in [0.15, 0.2) is 42.5 Å². The van der Waals surface area contributed by atoms with Crippen LogP contribution in [0.2, 0.25) is 5.02 Å². The smallest absolute Gasteiger partial charge is 0.336 e. The molecule has 20 heavy (non-hydrogen) atoms. The summed E-state index contributed by atoms with van der Waals surface area (Å²) in [6.07, 6.45) is 1.66. The highest BCUT2D eigenvalue weighted by atomic mass is 35.5. The Morgan fingerprint density at radius 3 is 2.30 bits per heavy atom. The molecule has 0 unspecified atom stereocenters. The lowest BCUT2D eigenvalue weighted by atomic mass is 10.0. The number of aryl methyl sites for hydroxylation is 2. The maximum absolute atomic E-state index is 11.5. The van der Waals surface area contributed by atoms with Gasteiger partial charge in [-0.1, -0.05) is 53.6 Å². The molecule has 0 aliphatic heterocycles. The third-order valence-corrected chi connectivity index (χ3v) is 3.51. The minimum absolute atomic E-state index is 0.232. The highest BCUT2D eigenvalue weighted by Crippen LogP contribution is 2.24. The fourth-order valence-electron chi connectivity index (χ4n) is 1.86. The molecule has 1 N–H and O–H groups in total. The molecule has 0 bridgehead atoms. The molecule has 102 valence electrons. The van der Waals surface area contributed by atoms with Gasteiger partial charge in [-0.05, 0) is 42.7 Å². The van der Waals surface area contributed by atoms with E-state index in [0.717, 1.165) is 16.7 Å². The largest absolute Gasteiger partial charge is 0.478 e. The van der Waals surface area contributed by atoms with Crippen molar-refractivity contribution in [2.75, 3.05) is 0 Å². The Balaban J connectivity index is 2.48. The first-order chi connectivity index (χ1) is 9.47. The lowest BCUT2D eigenvalue weighted by Crippen LogP contribution is -2.00. The number of carboxylic acids is 1. The van der Waals surface area contributed by atoms with E-state index in [1.54, 1.807) is 18.2 Å². The van der Waals surface area contributed by atoms with Crippen LogP contribution in [0.3, 0.4) is 0 Å². The highest BCUT2D eigenvalue weighted by molar-refractivity contribution is 6.32. The zero-order valence-electron chi connectivity index (χ0n) is 11.4. The zero-order valence-corrected chi connectivity index (χ0v) is 12.1. The van der Waals surface area contributed by atoms with Gasteiger partial charge in [0.15, 0.2) is 0 Å². The number of rotatable bonds is 3. The van der Waals surface area contributed by atoms with E-state index in [2.05, 4.69) is 0 Å². The number of carbonyl (C=O) groups is 1. The van der Waals surface area contributed by atoms with Gasteiger partial charge >= 0.3 is 5.97 Å². The molecule has 0 aliphatic rings. The first-order valence-corrected chi connectivity index (χ1v) is 6.63. The molecule has 3 heteroatoms. The first-order valence-electron chi connectivity index (χ1n) is 6.25. The molecule has 0 radical (unpaired) electrons. The molecule has 0 aromatic heterocycles. The summed E-state index contributed by atoms with van der Waals surface area (Å²) in [6.45, 7) is 3.88. The van der Waals surface area contributed by atoms with Gasteiger partial charge in [0, 0.05) is 5.02 Å². The summed E-state index contributed by atoms with van der Waals surface area (Å²) in [4.78, 5) is 11.5.